The Bertz CT molecular complexity index is 394. The molecule has 1 amide bonds. The number of ether oxygens (including phenoxy) is 1. The van der Waals surface area contributed by atoms with Gasteiger partial charge in [-0.05, 0) is 18.9 Å². The number of carbonyl (C=O) groups excluding carboxylic acids is 1. The van der Waals surface area contributed by atoms with Gasteiger partial charge in [0.05, 0.1) is 25.4 Å². The van der Waals surface area contributed by atoms with Crippen molar-refractivity contribution in [2.24, 2.45) is 0 Å². The molecule has 1 fully saturated rings. The van der Waals surface area contributed by atoms with Gasteiger partial charge in [-0.15, -0.1) is 0 Å². The number of methoxy groups -OCH3 is 1. The van der Waals surface area contributed by atoms with Crippen LogP contribution in [0.2, 0.25) is 0 Å². The maximum absolute atomic E-state index is 12.2. The van der Waals surface area contributed by atoms with Crippen LogP contribution in [0.4, 0.5) is 0 Å². The van der Waals surface area contributed by atoms with Crippen LogP contribution in [-0.2, 0) is 16.0 Å². The molecule has 1 aromatic rings. The first-order valence-electron chi connectivity index (χ1n) is 6.29. The minimum atomic E-state index is -0.105. The maximum Gasteiger partial charge on any atom is 0.241 e. The molecule has 1 N–H and O–H groups in total. The quantitative estimate of drug-likeness (QED) is 0.846. The van der Waals surface area contributed by atoms with Crippen molar-refractivity contribution in [1.29, 1.82) is 0 Å². The smallest absolute Gasteiger partial charge is 0.241 e. The molecule has 1 aliphatic heterocycles. The summed E-state index contributed by atoms with van der Waals surface area (Å²) in [5.74, 6) is 0.170. The molecule has 1 saturated heterocycles. The van der Waals surface area contributed by atoms with E-state index in [0.29, 0.717) is 13.3 Å². The van der Waals surface area contributed by atoms with Crippen molar-refractivity contribution in [3.8, 4) is 0 Å². The minimum Gasteiger partial charge on any atom is -0.383 e. The highest BCUT2D eigenvalue weighted by atomic mass is 16.5. The van der Waals surface area contributed by atoms with Crippen LogP contribution < -0.4 is 5.32 Å². The number of carbonyl (C=O) groups is 1. The van der Waals surface area contributed by atoms with Crippen LogP contribution in [0, 0.1) is 0 Å². The van der Waals surface area contributed by atoms with Crippen molar-refractivity contribution >= 4 is 5.91 Å². The molecule has 0 aromatic heterocycles. The Hall–Kier alpha value is -1.39. The lowest BCUT2D eigenvalue weighted by atomic mass is 10.1. The third-order valence-electron chi connectivity index (χ3n) is 3.31. The molecule has 0 bridgehead atoms. The normalized spacial score (nSPS) is 21.3. The molecule has 4 heteroatoms. The summed E-state index contributed by atoms with van der Waals surface area (Å²) in [5, 5.41) is 3.27. The van der Waals surface area contributed by atoms with Gasteiger partial charge in [-0.1, -0.05) is 30.3 Å². The molecule has 18 heavy (non-hydrogen) atoms. The minimum absolute atomic E-state index is 0.105. The van der Waals surface area contributed by atoms with Crippen LogP contribution in [0.1, 0.15) is 12.5 Å². The van der Waals surface area contributed by atoms with Crippen molar-refractivity contribution in [2.75, 3.05) is 20.4 Å². The standard InChI is InChI=1S/C14H20N2O2/c1-11(9-18-2)16-10-15-13(14(16)17)8-12-6-4-3-5-7-12/h3-7,11,13,15H,8-10H2,1-2H3. The number of hydrogen-bond donors (Lipinski definition) is 1. The summed E-state index contributed by atoms with van der Waals surface area (Å²) in [4.78, 5) is 14.1. The molecule has 0 saturated carbocycles. The fourth-order valence-electron chi connectivity index (χ4n) is 2.29. The third-order valence-corrected chi connectivity index (χ3v) is 3.31. The Morgan fingerprint density at radius 1 is 1.44 bits per heavy atom. The van der Waals surface area contributed by atoms with E-state index in [0.717, 1.165) is 6.42 Å². The van der Waals surface area contributed by atoms with E-state index < -0.39 is 0 Å². The van der Waals surface area contributed by atoms with Crippen LogP contribution >= 0.6 is 0 Å². The molecule has 1 heterocycles. The number of rotatable bonds is 5. The summed E-state index contributed by atoms with van der Waals surface area (Å²) in [5.41, 5.74) is 1.18. The van der Waals surface area contributed by atoms with Crippen molar-refractivity contribution in [3.63, 3.8) is 0 Å². The zero-order valence-corrected chi connectivity index (χ0v) is 10.9. The van der Waals surface area contributed by atoms with Gasteiger partial charge in [0.2, 0.25) is 5.91 Å². The topological polar surface area (TPSA) is 41.6 Å². The van der Waals surface area contributed by atoms with Crippen LogP contribution in [0.3, 0.4) is 0 Å². The molecule has 2 unspecified atom stereocenters. The van der Waals surface area contributed by atoms with Gasteiger partial charge >= 0.3 is 0 Å². The molecule has 0 aliphatic carbocycles. The highest BCUT2D eigenvalue weighted by molar-refractivity contribution is 5.84. The third kappa shape index (κ3) is 2.89. The highest BCUT2D eigenvalue weighted by Crippen LogP contribution is 2.13. The lowest BCUT2D eigenvalue weighted by Gasteiger charge is -2.23. The Labute approximate surface area is 108 Å². The monoisotopic (exact) mass is 248 g/mol. The summed E-state index contributed by atoms with van der Waals surface area (Å²) < 4.78 is 5.10. The number of nitrogens with one attached hydrogen (secondary N) is 1. The molecule has 98 valence electrons. The Morgan fingerprint density at radius 3 is 2.83 bits per heavy atom. The van der Waals surface area contributed by atoms with Gasteiger partial charge in [0.15, 0.2) is 0 Å². The van der Waals surface area contributed by atoms with Crippen LogP contribution in [0.15, 0.2) is 30.3 Å². The largest absolute Gasteiger partial charge is 0.383 e. The maximum atomic E-state index is 12.2. The fraction of sp³-hybridized carbons (Fsp3) is 0.500. The molecule has 0 spiro atoms. The summed E-state index contributed by atoms with van der Waals surface area (Å²) in [6.45, 7) is 3.19. The molecule has 2 atom stereocenters. The molecule has 2 rings (SSSR count). The molecular formula is C14H20N2O2. The van der Waals surface area contributed by atoms with E-state index in [9.17, 15) is 4.79 Å². The van der Waals surface area contributed by atoms with Crippen molar-refractivity contribution < 1.29 is 9.53 Å². The van der Waals surface area contributed by atoms with Crippen molar-refractivity contribution in [2.45, 2.75) is 25.4 Å². The second-order valence-electron chi connectivity index (χ2n) is 4.72. The van der Waals surface area contributed by atoms with E-state index in [1.807, 2.05) is 30.0 Å². The lowest BCUT2D eigenvalue weighted by molar-refractivity contribution is -0.131. The molecule has 1 aliphatic rings. The zero-order chi connectivity index (χ0) is 13.0. The van der Waals surface area contributed by atoms with Gasteiger partial charge in [-0.2, -0.15) is 0 Å². The predicted molar refractivity (Wildman–Crippen MR) is 70.1 cm³/mol. The Kier molecular flexibility index (Phi) is 4.33. The number of nitrogens with zero attached hydrogens (tertiary/aromatic N) is 1. The van der Waals surface area contributed by atoms with E-state index in [2.05, 4.69) is 17.4 Å². The molecule has 0 radical (unpaired) electrons. The zero-order valence-electron chi connectivity index (χ0n) is 10.9. The van der Waals surface area contributed by atoms with Crippen LogP contribution in [0.25, 0.3) is 0 Å². The summed E-state index contributed by atoms with van der Waals surface area (Å²) in [6.07, 6.45) is 0.746. The van der Waals surface area contributed by atoms with Crippen LogP contribution in [0.5, 0.6) is 0 Å². The average molecular weight is 248 g/mol. The second kappa shape index (κ2) is 5.98. The van der Waals surface area contributed by atoms with E-state index in [1.54, 1.807) is 7.11 Å². The summed E-state index contributed by atoms with van der Waals surface area (Å²) >= 11 is 0. The fourth-order valence-corrected chi connectivity index (χ4v) is 2.29. The number of benzene rings is 1. The number of amides is 1. The van der Waals surface area contributed by atoms with E-state index in [1.165, 1.54) is 5.56 Å². The summed E-state index contributed by atoms with van der Waals surface area (Å²) in [6, 6.07) is 10.1. The molecular weight excluding hydrogens is 228 g/mol. The van der Waals surface area contributed by atoms with Gasteiger partial charge in [-0.3, -0.25) is 10.1 Å². The first-order valence-corrected chi connectivity index (χ1v) is 6.29. The first kappa shape index (κ1) is 13.1. The lowest BCUT2D eigenvalue weighted by Crippen LogP contribution is -2.39. The van der Waals surface area contributed by atoms with Gasteiger partial charge in [0.25, 0.3) is 0 Å². The second-order valence-corrected chi connectivity index (χ2v) is 4.72. The van der Waals surface area contributed by atoms with Crippen molar-refractivity contribution in [3.05, 3.63) is 35.9 Å². The highest BCUT2D eigenvalue weighted by Gasteiger charge is 2.33. The Morgan fingerprint density at radius 2 is 2.17 bits per heavy atom. The van der Waals surface area contributed by atoms with Gasteiger partial charge in [0, 0.05) is 7.11 Å². The predicted octanol–water partition coefficient (Wildman–Crippen LogP) is 1.02. The Balaban J connectivity index is 1.95. The van der Waals surface area contributed by atoms with Gasteiger partial charge in [0.1, 0.15) is 0 Å². The SMILES string of the molecule is COCC(C)N1CNC(Cc2ccccc2)C1=O. The van der Waals surface area contributed by atoms with E-state index in [4.69, 9.17) is 4.74 Å². The van der Waals surface area contributed by atoms with Crippen molar-refractivity contribution in [1.82, 2.24) is 10.2 Å². The van der Waals surface area contributed by atoms with Gasteiger partial charge < -0.3 is 9.64 Å². The summed E-state index contributed by atoms with van der Waals surface area (Å²) in [7, 11) is 1.66. The van der Waals surface area contributed by atoms with Crippen LogP contribution in [-0.4, -0.2) is 43.3 Å². The van der Waals surface area contributed by atoms with Gasteiger partial charge in [-0.25, -0.2) is 0 Å². The number of hydrogen-bond acceptors (Lipinski definition) is 3. The molecule has 1 aromatic carbocycles. The van der Waals surface area contributed by atoms with E-state index >= 15 is 0 Å². The first-order chi connectivity index (χ1) is 8.72. The molecule has 4 nitrogen and oxygen atoms in total. The van der Waals surface area contributed by atoms with E-state index in [-0.39, 0.29) is 18.0 Å². The average Bonchev–Trinajstić information content (AvgIpc) is 2.73.